The number of hydrogen-bond donors (Lipinski definition) is 1. The van der Waals surface area contributed by atoms with E-state index in [1.807, 2.05) is 26.0 Å². The summed E-state index contributed by atoms with van der Waals surface area (Å²) in [6, 6.07) is 15.4. The minimum absolute atomic E-state index is 0.0271. The van der Waals surface area contributed by atoms with Crippen molar-refractivity contribution in [1.29, 1.82) is 0 Å². The Kier molecular flexibility index (Phi) is 5.82. The molecule has 2 heterocycles. The van der Waals surface area contributed by atoms with E-state index in [0.29, 0.717) is 28.1 Å². The van der Waals surface area contributed by atoms with Crippen molar-refractivity contribution < 1.29 is 22.3 Å². The van der Waals surface area contributed by atoms with Crippen molar-refractivity contribution in [1.82, 2.24) is 9.29 Å². The van der Waals surface area contributed by atoms with Gasteiger partial charge in [0.05, 0.1) is 10.4 Å². The van der Waals surface area contributed by atoms with Gasteiger partial charge in [-0.2, -0.15) is 4.31 Å². The van der Waals surface area contributed by atoms with Crippen LogP contribution in [0, 0.1) is 19.7 Å². The first-order valence-electron chi connectivity index (χ1n) is 11.0. The van der Waals surface area contributed by atoms with Crippen LogP contribution in [0.3, 0.4) is 0 Å². The molecule has 0 spiro atoms. The van der Waals surface area contributed by atoms with Crippen LogP contribution in [-0.2, 0) is 23.1 Å². The molecule has 5 rings (SSSR count). The smallest absolute Gasteiger partial charge is 0.252 e. The summed E-state index contributed by atoms with van der Waals surface area (Å²) in [4.78, 5) is 15.8. The Hall–Kier alpha value is -3.69. The van der Waals surface area contributed by atoms with E-state index >= 15 is 0 Å². The molecule has 4 aromatic rings. The summed E-state index contributed by atoms with van der Waals surface area (Å²) < 4.78 is 52.7. The average molecular weight is 495 g/mol. The van der Waals surface area contributed by atoms with Crippen LogP contribution >= 0.6 is 0 Å². The normalized spacial score (nSPS) is 13.0. The highest BCUT2D eigenvalue weighted by Crippen LogP contribution is 2.33. The van der Waals surface area contributed by atoms with Gasteiger partial charge >= 0.3 is 0 Å². The minimum Gasteiger partial charge on any atom is -0.454 e. The molecular weight excluding hydrogens is 471 g/mol. The Labute approximate surface area is 201 Å². The molecule has 0 saturated carbocycles. The van der Waals surface area contributed by atoms with Crippen molar-refractivity contribution >= 4 is 20.9 Å². The van der Waals surface area contributed by atoms with Gasteiger partial charge in [0.1, 0.15) is 5.82 Å². The molecule has 7 nitrogen and oxygen atoms in total. The molecule has 180 valence electrons. The monoisotopic (exact) mass is 494 g/mol. The van der Waals surface area contributed by atoms with E-state index in [9.17, 15) is 17.6 Å². The van der Waals surface area contributed by atoms with Crippen LogP contribution in [0.1, 0.15) is 22.3 Å². The van der Waals surface area contributed by atoms with Gasteiger partial charge in [-0.1, -0.05) is 17.7 Å². The van der Waals surface area contributed by atoms with Gasteiger partial charge in [0.15, 0.2) is 11.5 Å². The Bertz CT molecular complexity index is 1600. The largest absolute Gasteiger partial charge is 0.454 e. The highest BCUT2D eigenvalue weighted by Gasteiger charge is 2.27. The topological polar surface area (TPSA) is 88.7 Å². The number of aryl methyl sites for hydroxylation is 2. The Balaban J connectivity index is 1.57. The van der Waals surface area contributed by atoms with E-state index < -0.39 is 15.8 Å². The average Bonchev–Trinajstić information content (AvgIpc) is 3.28. The van der Waals surface area contributed by atoms with Gasteiger partial charge in [-0.05, 0) is 78.9 Å². The van der Waals surface area contributed by atoms with Gasteiger partial charge in [-0.3, -0.25) is 4.79 Å². The fourth-order valence-corrected chi connectivity index (χ4v) is 5.67. The SMILES string of the molecule is Cc1cc(C)c2[nH]c(=O)c(CN(Cc3ccc4c(c3)OCO4)S(=O)(=O)c3ccc(F)cc3)cc2c1. The number of ether oxygens (including phenoxy) is 2. The molecule has 1 aromatic heterocycles. The summed E-state index contributed by atoms with van der Waals surface area (Å²) in [6.07, 6.45) is 0. The van der Waals surface area contributed by atoms with Crippen LogP contribution in [0.2, 0.25) is 0 Å². The predicted molar refractivity (Wildman–Crippen MR) is 129 cm³/mol. The first-order valence-corrected chi connectivity index (χ1v) is 12.4. The van der Waals surface area contributed by atoms with Crippen LogP contribution in [0.5, 0.6) is 11.5 Å². The van der Waals surface area contributed by atoms with Crippen molar-refractivity contribution in [2.24, 2.45) is 0 Å². The third kappa shape index (κ3) is 4.52. The fourth-order valence-electron chi connectivity index (χ4n) is 4.26. The molecule has 0 amide bonds. The number of sulfonamides is 1. The van der Waals surface area contributed by atoms with Crippen LogP contribution in [-0.4, -0.2) is 24.5 Å². The summed E-state index contributed by atoms with van der Waals surface area (Å²) in [7, 11) is -4.07. The number of pyridine rings is 1. The highest BCUT2D eigenvalue weighted by molar-refractivity contribution is 7.89. The number of aromatic nitrogens is 1. The number of hydrogen-bond acceptors (Lipinski definition) is 5. The molecule has 0 atom stereocenters. The second-order valence-electron chi connectivity index (χ2n) is 8.58. The highest BCUT2D eigenvalue weighted by atomic mass is 32.2. The Morgan fingerprint density at radius 3 is 2.46 bits per heavy atom. The molecule has 0 bridgehead atoms. The first kappa shape index (κ1) is 23.1. The number of benzene rings is 3. The molecule has 0 unspecified atom stereocenters. The lowest BCUT2D eigenvalue weighted by Gasteiger charge is -2.23. The first-order chi connectivity index (χ1) is 16.7. The number of fused-ring (bicyclic) bond motifs is 2. The summed E-state index contributed by atoms with van der Waals surface area (Å²) in [6.45, 7) is 3.77. The lowest BCUT2D eigenvalue weighted by atomic mass is 10.1. The maximum atomic E-state index is 13.6. The van der Waals surface area contributed by atoms with Crippen LogP contribution in [0.15, 0.2) is 70.4 Å². The fraction of sp³-hybridized carbons (Fsp3) is 0.192. The van der Waals surface area contributed by atoms with Gasteiger partial charge in [-0.15, -0.1) is 0 Å². The van der Waals surface area contributed by atoms with Crippen molar-refractivity contribution in [2.75, 3.05) is 6.79 Å². The molecule has 0 saturated heterocycles. The molecular formula is C26H23FN2O5S. The summed E-state index contributed by atoms with van der Waals surface area (Å²) in [5.41, 5.74) is 3.27. The minimum atomic E-state index is -4.07. The molecule has 1 aliphatic rings. The molecule has 1 aliphatic heterocycles. The molecule has 3 aromatic carbocycles. The van der Waals surface area contributed by atoms with Gasteiger partial charge < -0.3 is 14.5 Å². The zero-order chi connectivity index (χ0) is 24.7. The Morgan fingerprint density at radius 2 is 1.69 bits per heavy atom. The number of nitrogens with one attached hydrogen (secondary N) is 1. The van der Waals surface area contributed by atoms with Crippen LogP contribution in [0.4, 0.5) is 4.39 Å². The van der Waals surface area contributed by atoms with Crippen molar-refractivity contribution in [3.8, 4) is 11.5 Å². The maximum Gasteiger partial charge on any atom is 0.252 e. The standard InChI is InChI=1S/C26H23FN2O5S/c1-16-9-17(2)25-19(10-16)12-20(26(30)28-25)14-29(35(31,32)22-6-4-21(27)5-7-22)13-18-3-8-23-24(11-18)34-15-33-23/h3-12H,13-15H2,1-2H3,(H,28,30). The summed E-state index contributed by atoms with van der Waals surface area (Å²) in [5, 5.41) is 0.819. The van der Waals surface area contributed by atoms with Gasteiger partial charge in [0.2, 0.25) is 16.8 Å². The van der Waals surface area contributed by atoms with Crippen molar-refractivity contribution in [2.45, 2.75) is 31.8 Å². The van der Waals surface area contributed by atoms with Crippen molar-refractivity contribution in [3.63, 3.8) is 0 Å². The van der Waals surface area contributed by atoms with Gasteiger partial charge in [0.25, 0.3) is 5.56 Å². The van der Waals surface area contributed by atoms with Crippen LogP contribution < -0.4 is 15.0 Å². The third-order valence-electron chi connectivity index (χ3n) is 5.96. The van der Waals surface area contributed by atoms with E-state index in [4.69, 9.17) is 9.47 Å². The van der Waals surface area contributed by atoms with E-state index in [0.717, 1.165) is 28.6 Å². The summed E-state index contributed by atoms with van der Waals surface area (Å²) in [5.74, 6) is 0.567. The lowest BCUT2D eigenvalue weighted by molar-refractivity contribution is 0.174. The van der Waals surface area contributed by atoms with Crippen molar-refractivity contribution in [3.05, 3.63) is 99.1 Å². The van der Waals surface area contributed by atoms with E-state index in [1.165, 1.54) is 16.4 Å². The zero-order valence-corrected chi connectivity index (χ0v) is 20.0. The third-order valence-corrected chi connectivity index (χ3v) is 7.77. The number of halogens is 1. The number of rotatable bonds is 6. The zero-order valence-electron chi connectivity index (χ0n) is 19.2. The van der Waals surface area contributed by atoms with E-state index in [1.54, 1.807) is 24.3 Å². The second kappa shape index (κ2) is 8.83. The molecule has 0 aliphatic carbocycles. The number of nitrogens with zero attached hydrogens (tertiary/aromatic N) is 1. The lowest BCUT2D eigenvalue weighted by Crippen LogP contribution is -2.32. The molecule has 35 heavy (non-hydrogen) atoms. The maximum absolute atomic E-state index is 13.6. The predicted octanol–water partition coefficient (Wildman–Crippen LogP) is 4.40. The second-order valence-corrected chi connectivity index (χ2v) is 10.5. The van der Waals surface area contributed by atoms with Crippen LogP contribution in [0.25, 0.3) is 10.9 Å². The molecule has 0 fully saturated rings. The molecule has 9 heteroatoms. The van der Waals surface area contributed by atoms with Gasteiger partial charge in [-0.25, -0.2) is 12.8 Å². The molecule has 1 N–H and O–H groups in total. The van der Waals surface area contributed by atoms with E-state index in [-0.39, 0.29) is 30.3 Å². The number of H-pyrrole nitrogens is 1. The Morgan fingerprint density at radius 1 is 0.943 bits per heavy atom. The van der Waals surface area contributed by atoms with E-state index in [2.05, 4.69) is 4.98 Å². The van der Waals surface area contributed by atoms with Gasteiger partial charge in [0, 0.05) is 18.7 Å². The summed E-state index contributed by atoms with van der Waals surface area (Å²) >= 11 is 0. The number of aromatic amines is 1. The quantitative estimate of drug-likeness (QED) is 0.429. The molecule has 0 radical (unpaired) electrons.